The highest BCUT2D eigenvalue weighted by Gasteiger charge is 2.30. The van der Waals surface area contributed by atoms with E-state index in [4.69, 9.17) is 0 Å². The lowest BCUT2D eigenvalue weighted by molar-refractivity contribution is -0.140. The Morgan fingerprint density at radius 1 is 0.794 bits per heavy atom. The third-order valence-electron chi connectivity index (χ3n) is 5.87. The van der Waals surface area contributed by atoms with E-state index >= 15 is 0 Å². The largest absolute Gasteiger partial charge is 0.354 e. The van der Waals surface area contributed by atoms with E-state index in [0.717, 1.165) is 27.8 Å². The summed E-state index contributed by atoms with van der Waals surface area (Å²) >= 11 is 0. The first kappa shape index (κ1) is 25.2. The number of rotatable bonds is 10. The van der Waals surface area contributed by atoms with Crippen LogP contribution in [-0.4, -0.2) is 29.3 Å². The van der Waals surface area contributed by atoms with Crippen LogP contribution in [0.2, 0.25) is 0 Å². The molecule has 0 aromatic heterocycles. The fourth-order valence-corrected chi connectivity index (χ4v) is 3.96. The molecule has 3 aromatic carbocycles. The Hall–Kier alpha value is -3.40. The van der Waals surface area contributed by atoms with Gasteiger partial charge in [0.15, 0.2) is 0 Å². The van der Waals surface area contributed by atoms with Gasteiger partial charge in [0.05, 0.1) is 6.42 Å². The number of nitrogens with zero attached hydrogens (tertiary/aromatic N) is 1. The van der Waals surface area contributed by atoms with Crippen LogP contribution < -0.4 is 5.32 Å². The van der Waals surface area contributed by atoms with Gasteiger partial charge in [0.25, 0.3) is 0 Å². The second kappa shape index (κ2) is 12.2. The SMILES string of the molecule is Cc1ccc(CN(C(=O)Cc2cccc(C)c2)C(Cc2ccccc2)C(=O)NCC(C)C)cc1. The molecule has 1 atom stereocenters. The Morgan fingerprint density at radius 3 is 2.12 bits per heavy atom. The Morgan fingerprint density at radius 2 is 1.47 bits per heavy atom. The predicted octanol–water partition coefficient (Wildman–Crippen LogP) is 5.26. The van der Waals surface area contributed by atoms with Gasteiger partial charge in [-0.3, -0.25) is 9.59 Å². The van der Waals surface area contributed by atoms with Crippen molar-refractivity contribution in [2.24, 2.45) is 5.92 Å². The van der Waals surface area contributed by atoms with Gasteiger partial charge in [-0.2, -0.15) is 0 Å². The van der Waals surface area contributed by atoms with Crippen molar-refractivity contribution in [1.29, 1.82) is 0 Å². The lowest BCUT2D eigenvalue weighted by Crippen LogP contribution is -2.51. The molecule has 0 aliphatic carbocycles. The summed E-state index contributed by atoms with van der Waals surface area (Å²) in [5.74, 6) is 0.170. The maximum Gasteiger partial charge on any atom is 0.243 e. The Kier molecular flexibility index (Phi) is 9.03. The summed E-state index contributed by atoms with van der Waals surface area (Å²) < 4.78 is 0. The highest BCUT2D eigenvalue weighted by atomic mass is 16.2. The van der Waals surface area contributed by atoms with Crippen molar-refractivity contribution in [2.75, 3.05) is 6.54 Å². The normalized spacial score (nSPS) is 11.8. The van der Waals surface area contributed by atoms with Crippen molar-refractivity contribution in [1.82, 2.24) is 10.2 Å². The topological polar surface area (TPSA) is 49.4 Å². The summed E-state index contributed by atoms with van der Waals surface area (Å²) in [7, 11) is 0. The monoisotopic (exact) mass is 456 g/mol. The van der Waals surface area contributed by atoms with Crippen molar-refractivity contribution in [3.8, 4) is 0 Å². The number of aryl methyl sites for hydroxylation is 2. The summed E-state index contributed by atoms with van der Waals surface area (Å²) in [6.45, 7) is 9.17. The van der Waals surface area contributed by atoms with Gasteiger partial charge in [0.1, 0.15) is 6.04 Å². The number of carbonyl (C=O) groups excluding carboxylic acids is 2. The lowest BCUT2D eigenvalue weighted by Gasteiger charge is -2.32. The Balaban J connectivity index is 1.94. The molecule has 0 aliphatic rings. The van der Waals surface area contributed by atoms with Crippen molar-refractivity contribution in [3.05, 3.63) is 107 Å². The van der Waals surface area contributed by atoms with Crippen LogP contribution in [0.3, 0.4) is 0 Å². The van der Waals surface area contributed by atoms with E-state index in [2.05, 4.69) is 19.2 Å². The molecule has 0 spiro atoms. The molecule has 4 nitrogen and oxygen atoms in total. The van der Waals surface area contributed by atoms with E-state index in [1.54, 1.807) is 4.90 Å². The number of hydrogen-bond acceptors (Lipinski definition) is 2. The lowest BCUT2D eigenvalue weighted by atomic mass is 10.0. The molecule has 0 heterocycles. The fourth-order valence-electron chi connectivity index (χ4n) is 3.96. The molecule has 0 aliphatic heterocycles. The number of hydrogen-bond donors (Lipinski definition) is 1. The number of benzene rings is 3. The standard InChI is InChI=1S/C30H36N2O2/c1-22(2)20-31-30(34)28(18-25-10-6-5-7-11-25)32(21-26-15-13-23(3)14-16-26)29(33)19-27-12-8-9-24(4)17-27/h5-17,22,28H,18-21H2,1-4H3,(H,31,34). The molecule has 0 bridgehead atoms. The van der Waals surface area contributed by atoms with E-state index in [0.29, 0.717) is 25.4 Å². The summed E-state index contributed by atoms with van der Waals surface area (Å²) in [4.78, 5) is 28.9. The third-order valence-corrected chi connectivity index (χ3v) is 5.87. The molecule has 0 radical (unpaired) electrons. The highest BCUT2D eigenvalue weighted by Crippen LogP contribution is 2.17. The quantitative estimate of drug-likeness (QED) is 0.452. The Bertz CT molecular complexity index is 1070. The highest BCUT2D eigenvalue weighted by molar-refractivity contribution is 5.88. The second-order valence-corrected chi connectivity index (χ2v) is 9.52. The molecule has 178 valence electrons. The molecular weight excluding hydrogens is 420 g/mol. The minimum absolute atomic E-state index is 0.0493. The minimum atomic E-state index is -0.597. The van der Waals surface area contributed by atoms with Crippen LogP contribution in [0.1, 0.15) is 41.7 Å². The van der Waals surface area contributed by atoms with Crippen LogP contribution in [0.25, 0.3) is 0 Å². The van der Waals surface area contributed by atoms with Crippen LogP contribution in [-0.2, 0) is 29.0 Å². The van der Waals surface area contributed by atoms with E-state index in [-0.39, 0.29) is 18.2 Å². The predicted molar refractivity (Wildman–Crippen MR) is 138 cm³/mol. The van der Waals surface area contributed by atoms with Crippen molar-refractivity contribution < 1.29 is 9.59 Å². The Labute approximate surface area is 204 Å². The van der Waals surface area contributed by atoms with Crippen LogP contribution in [0.4, 0.5) is 0 Å². The number of amides is 2. The third kappa shape index (κ3) is 7.58. The molecule has 1 unspecified atom stereocenters. The molecule has 3 aromatic rings. The molecule has 3 rings (SSSR count). The van der Waals surface area contributed by atoms with Crippen LogP contribution >= 0.6 is 0 Å². The van der Waals surface area contributed by atoms with Crippen LogP contribution in [0.15, 0.2) is 78.9 Å². The van der Waals surface area contributed by atoms with Gasteiger partial charge in [-0.25, -0.2) is 0 Å². The molecule has 34 heavy (non-hydrogen) atoms. The summed E-state index contributed by atoms with van der Waals surface area (Å²) in [6.07, 6.45) is 0.729. The summed E-state index contributed by atoms with van der Waals surface area (Å²) in [5, 5.41) is 3.07. The first-order valence-electron chi connectivity index (χ1n) is 12.0. The van der Waals surface area contributed by atoms with Gasteiger partial charge in [-0.15, -0.1) is 0 Å². The van der Waals surface area contributed by atoms with Crippen LogP contribution in [0, 0.1) is 19.8 Å². The van der Waals surface area contributed by atoms with E-state index in [1.807, 2.05) is 92.7 Å². The molecule has 2 amide bonds. The molecule has 0 saturated carbocycles. The zero-order chi connectivity index (χ0) is 24.5. The smallest absolute Gasteiger partial charge is 0.243 e. The molecule has 0 fully saturated rings. The zero-order valence-corrected chi connectivity index (χ0v) is 20.8. The van der Waals surface area contributed by atoms with E-state index in [1.165, 1.54) is 0 Å². The maximum atomic E-state index is 13.7. The average Bonchev–Trinajstić information content (AvgIpc) is 2.81. The summed E-state index contributed by atoms with van der Waals surface area (Å²) in [5.41, 5.74) is 5.28. The van der Waals surface area contributed by atoms with Crippen LogP contribution in [0.5, 0.6) is 0 Å². The minimum Gasteiger partial charge on any atom is -0.354 e. The van der Waals surface area contributed by atoms with Gasteiger partial charge in [0, 0.05) is 19.5 Å². The maximum absolute atomic E-state index is 13.7. The van der Waals surface area contributed by atoms with E-state index < -0.39 is 6.04 Å². The van der Waals surface area contributed by atoms with Gasteiger partial charge in [-0.1, -0.05) is 104 Å². The molecular formula is C30H36N2O2. The fraction of sp³-hybridized carbons (Fsp3) is 0.333. The zero-order valence-electron chi connectivity index (χ0n) is 20.8. The average molecular weight is 457 g/mol. The van der Waals surface area contributed by atoms with Crippen molar-refractivity contribution in [2.45, 2.75) is 53.1 Å². The molecule has 1 N–H and O–H groups in total. The first-order chi connectivity index (χ1) is 16.3. The van der Waals surface area contributed by atoms with Gasteiger partial charge >= 0.3 is 0 Å². The van der Waals surface area contributed by atoms with Crippen molar-refractivity contribution >= 4 is 11.8 Å². The molecule has 4 heteroatoms. The second-order valence-electron chi connectivity index (χ2n) is 9.52. The number of carbonyl (C=O) groups is 2. The first-order valence-corrected chi connectivity index (χ1v) is 12.0. The van der Waals surface area contributed by atoms with Gasteiger partial charge in [-0.05, 0) is 36.5 Å². The molecule has 0 saturated heterocycles. The number of nitrogens with one attached hydrogen (secondary N) is 1. The van der Waals surface area contributed by atoms with Gasteiger partial charge in [0.2, 0.25) is 11.8 Å². The van der Waals surface area contributed by atoms with Crippen molar-refractivity contribution in [3.63, 3.8) is 0 Å². The van der Waals surface area contributed by atoms with E-state index in [9.17, 15) is 9.59 Å². The van der Waals surface area contributed by atoms with Gasteiger partial charge < -0.3 is 10.2 Å². The summed E-state index contributed by atoms with van der Waals surface area (Å²) in [6, 6.07) is 25.5.